The summed E-state index contributed by atoms with van der Waals surface area (Å²) in [4.78, 5) is 12.7. The van der Waals surface area contributed by atoms with E-state index in [1.54, 1.807) is 6.92 Å². The number of nitrogens with zero attached hydrogens (tertiary/aromatic N) is 1. The second kappa shape index (κ2) is 10.9. The van der Waals surface area contributed by atoms with Gasteiger partial charge in [-0.05, 0) is 55.0 Å². The number of rotatable bonds is 9. The minimum atomic E-state index is -4.34. The van der Waals surface area contributed by atoms with Gasteiger partial charge in [0.05, 0.1) is 35.9 Å². The van der Waals surface area contributed by atoms with Gasteiger partial charge in [0, 0.05) is 6.07 Å². The fourth-order valence-electron chi connectivity index (χ4n) is 3.31. The Labute approximate surface area is 207 Å². The summed E-state index contributed by atoms with van der Waals surface area (Å²) in [5.74, 6) is -1.33. The van der Waals surface area contributed by atoms with Gasteiger partial charge in [0.15, 0.2) is 11.5 Å². The summed E-state index contributed by atoms with van der Waals surface area (Å²) < 4.78 is 65.3. The Morgan fingerprint density at radius 2 is 1.66 bits per heavy atom. The fourth-order valence-corrected chi connectivity index (χ4v) is 4.92. The third kappa shape index (κ3) is 6.01. The predicted octanol–water partition coefficient (Wildman–Crippen LogP) is 4.71. The second-order valence-corrected chi connectivity index (χ2v) is 9.74. The molecule has 0 saturated heterocycles. The van der Waals surface area contributed by atoms with Crippen molar-refractivity contribution in [3.8, 4) is 11.5 Å². The zero-order valence-electron chi connectivity index (χ0n) is 19.1. The highest BCUT2D eigenvalue weighted by Gasteiger charge is 2.29. The molecule has 3 rings (SSSR count). The highest BCUT2D eigenvalue weighted by Crippen LogP contribution is 2.33. The summed E-state index contributed by atoms with van der Waals surface area (Å²) in [5, 5.41) is 2.38. The van der Waals surface area contributed by atoms with Crippen LogP contribution in [0.25, 0.3) is 0 Å². The van der Waals surface area contributed by atoms with Crippen LogP contribution in [0.3, 0.4) is 0 Å². The number of amides is 1. The average molecular weight is 525 g/mol. The monoisotopic (exact) mass is 524 g/mol. The van der Waals surface area contributed by atoms with Crippen molar-refractivity contribution in [2.24, 2.45) is 0 Å². The largest absolute Gasteiger partial charge is 0.493 e. The molecule has 0 aliphatic rings. The maximum absolute atomic E-state index is 13.8. The first kappa shape index (κ1) is 26.2. The van der Waals surface area contributed by atoms with Crippen molar-refractivity contribution in [3.05, 3.63) is 82.9 Å². The molecule has 0 aromatic heterocycles. The molecule has 1 unspecified atom stereocenters. The summed E-state index contributed by atoms with van der Waals surface area (Å²) in [7, 11) is -1.57. The molecular formula is C24H23ClF2N2O5S. The lowest BCUT2D eigenvalue weighted by Gasteiger charge is -2.25. The average Bonchev–Trinajstić information content (AvgIpc) is 2.84. The molecule has 0 spiro atoms. The van der Waals surface area contributed by atoms with Crippen LogP contribution in [-0.4, -0.2) is 35.1 Å². The number of nitrogens with one attached hydrogen (secondary N) is 1. The molecule has 0 saturated carbocycles. The molecule has 3 aromatic rings. The van der Waals surface area contributed by atoms with E-state index < -0.39 is 40.2 Å². The standard InChI is InChI=1S/C24H23ClF2N2O5S/c1-15(16-4-6-17(26)7-5-16)28-24(30)14-29(18-8-10-21(27)20(25)12-18)35(31,32)19-9-11-22(33-2)23(13-19)34-3/h4-13,15H,14H2,1-3H3,(H,28,30). The Kier molecular flexibility index (Phi) is 8.18. The van der Waals surface area contributed by atoms with Gasteiger partial charge in [0.2, 0.25) is 5.91 Å². The van der Waals surface area contributed by atoms with Gasteiger partial charge >= 0.3 is 0 Å². The van der Waals surface area contributed by atoms with Crippen LogP contribution in [0.5, 0.6) is 11.5 Å². The van der Waals surface area contributed by atoms with E-state index in [2.05, 4.69) is 5.32 Å². The second-order valence-electron chi connectivity index (χ2n) is 7.47. The number of halogens is 3. The maximum Gasteiger partial charge on any atom is 0.264 e. The quantitative estimate of drug-likeness (QED) is 0.438. The number of benzene rings is 3. The molecule has 7 nitrogen and oxygen atoms in total. The van der Waals surface area contributed by atoms with Crippen molar-refractivity contribution < 1.29 is 31.5 Å². The van der Waals surface area contributed by atoms with Gasteiger partial charge < -0.3 is 14.8 Å². The topological polar surface area (TPSA) is 84.9 Å². The van der Waals surface area contributed by atoms with Gasteiger partial charge in [-0.2, -0.15) is 0 Å². The number of carbonyl (C=O) groups is 1. The summed E-state index contributed by atoms with van der Waals surface area (Å²) in [6.45, 7) is 1.04. The van der Waals surface area contributed by atoms with Gasteiger partial charge in [0.25, 0.3) is 10.0 Å². The van der Waals surface area contributed by atoms with Gasteiger partial charge in [-0.25, -0.2) is 17.2 Å². The Morgan fingerprint density at radius 1 is 1.00 bits per heavy atom. The lowest BCUT2D eigenvalue weighted by molar-refractivity contribution is -0.120. The zero-order valence-corrected chi connectivity index (χ0v) is 20.7. The lowest BCUT2D eigenvalue weighted by atomic mass is 10.1. The summed E-state index contributed by atoms with van der Waals surface area (Å²) in [6.07, 6.45) is 0. The molecule has 0 radical (unpaired) electrons. The van der Waals surface area contributed by atoms with E-state index in [0.717, 1.165) is 16.4 Å². The van der Waals surface area contributed by atoms with Gasteiger partial charge in [-0.3, -0.25) is 9.10 Å². The smallest absolute Gasteiger partial charge is 0.264 e. The summed E-state index contributed by atoms with van der Waals surface area (Å²) in [6, 6.07) is 12.3. The van der Waals surface area contributed by atoms with Crippen LogP contribution >= 0.6 is 11.6 Å². The number of methoxy groups -OCH3 is 2. The number of sulfonamides is 1. The molecule has 0 aliphatic carbocycles. The number of carbonyl (C=O) groups excluding carboxylic acids is 1. The molecule has 0 heterocycles. The molecule has 35 heavy (non-hydrogen) atoms. The first-order valence-corrected chi connectivity index (χ1v) is 12.1. The van der Waals surface area contributed by atoms with Crippen molar-refractivity contribution in [3.63, 3.8) is 0 Å². The normalized spacial score (nSPS) is 12.1. The van der Waals surface area contributed by atoms with E-state index in [0.29, 0.717) is 11.3 Å². The van der Waals surface area contributed by atoms with Crippen molar-refractivity contribution in [2.75, 3.05) is 25.1 Å². The summed E-state index contributed by atoms with van der Waals surface area (Å²) in [5.41, 5.74) is 0.606. The van der Waals surface area contributed by atoms with Gasteiger partial charge in [0.1, 0.15) is 18.2 Å². The SMILES string of the molecule is COc1ccc(S(=O)(=O)N(CC(=O)NC(C)c2ccc(F)cc2)c2ccc(F)c(Cl)c2)cc1OC. The molecule has 1 amide bonds. The van der Waals surface area contributed by atoms with E-state index in [1.807, 2.05) is 0 Å². The molecule has 1 atom stereocenters. The highest BCUT2D eigenvalue weighted by atomic mass is 35.5. The Balaban J connectivity index is 1.97. The zero-order chi connectivity index (χ0) is 25.8. The summed E-state index contributed by atoms with van der Waals surface area (Å²) >= 11 is 5.89. The number of ether oxygens (including phenoxy) is 2. The van der Waals surface area contributed by atoms with E-state index >= 15 is 0 Å². The Morgan fingerprint density at radius 3 is 2.26 bits per heavy atom. The number of hydrogen-bond donors (Lipinski definition) is 1. The molecule has 0 bridgehead atoms. The maximum atomic E-state index is 13.8. The molecule has 11 heteroatoms. The van der Waals surface area contributed by atoms with E-state index in [1.165, 1.54) is 62.8 Å². The third-order valence-corrected chi connectivity index (χ3v) is 7.23. The van der Waals surface area contributed by atoms with Gasteiger partial charge in [-0.1, -0.05) is 23.7 Å². The van der Waals surface area contributed by atoms with Crippen molar-refractivity contribution in [2.45, 2.75) is 17.9 Å². The first-order chi connectivity index (χ1) is 16.6. The third-order valence-electron chi connectivity index (χ3n) is 5.17. The minimum absolute atomic E-state index is 0.0178. The molecule has 0 aliphatic heterocycles. The molecule has 1 N–H and O–H groups in total. The van der Waals surface area contributed by atoms with Crippen LogP contribution < -0.4 is 19.1 Å². The Hall–Kier alpha value is -3.37. The molecule has 0 fully saturated rings. The Bertz CT molecular complexity index is 1320. The number of hydrogen-bond acceptors (Lipinski definition) is 5. The lowest BCUT2D eigenvalue weighted by Crippen LogP contribution is -2.41. The van der Waals surface area contributed by atoms with Crippen LogP contribution in [0.2, 0.25) is 5.02 Å². The van der Waals surface area contributed by atoms with Crippen LogP contribution in [0, 0.1) is 11.6 Å². The predicted molar refractivity (Wildman–Crippen MR) is 128 cm³/mol. The van der Waals surface area contributed by atoms with Crippen molar-refractivity contribution in [1.82, 2.24) is 5.32 Å². The van der Waals surface area contributed by atoms with Crippen LogP contribution in [0.1, 0.15) is 18.5 Å². The van der Waals surface area contributed by atoms with Gasteiger partial charge in [-0.15, -0.1) is 0 Å². The minimum Gasteiger partial charge on any atom is -0.493 e. The van der Waals surface area contributed by atoms with Crippen molar-refractivity contribution >= 4 is 33.2 Å². The van der Waals surface area contributed by atoms with Crippen LogP contribution in [-0.2, 0) is 14.8 Å². The van der Waals surface area contributed by atoms with Crippen LogP contribution in [0.15, 0.2) is 65.6 Å². The number of anilines is 1. The van der Waals surface area contributed by atoms with Crippen molar-refractivity contribution in [1.29, 1.82) is 0 Å². The highest BCUT2D eigenvalue weighted by molar-refractivity contribution is 7.92. The van der Waals surface area contributed by atoms with E-state index in [4.69, 9.17) is 21.1 Å². The molecular weight excluding hydrogens is 502 g/mol. The first-order valence-electron chi connectivity index (χ1n) is 10.3. The van der Waals surface area contributed by atoms with E-state index in [9.17, 15) is 22.0 Å². The fraction of sp³-hybridized carbons (Fsp3) is 0.208. The van der Waals surface area contributed by atoms with E-state index in [-0.39, 0.29) is 21.4 Å². The molecule has 186 valence electrons. The molecule has 3 aromatic carbocycles. The van der Waals surface area contributed by atoms with Crippen LogP contribution in [0.4, 0.5) is 14.5 Å².